The summed E-state index contributed by atoms with van der Waals surface area (Å²) >= 11 is 0. The number of hydrogen-bond donors (Lipinski definition) is 1. The van der Waals surface area contributed by atoms with Crippen LogP contribution in [0.3, 0.4) is 0 Å². The van der Waals surface area contributed by atoms with E-state index < -0.39 is 10.2 Å². The molecule has 1 rings (SSSR count). The highest BCUT2D eigenvalue weighted by atomic mass is 32.2. The zero-order valence-electron chi connectivity index (χ0n) is 11.8. The number of hydrogen-bond acceptors (Lipinski definition) is 3. The molecule has 5 nitrogen and oxygen atoms in total. The van der Waals surface area contributed by atoms with Crippen molar-refractivity contribution in [2.45, 2.75) is 58.5 Å². The van der Waals surface area contributed by atoms with Gasteiger partial charge in [0, 0.05) is 31.7 Å². The highest BCUT2D eigenvalue weighted by Crippen LogP contribution is 2.23. The first-order chi connectivity index (χ1) is 8.45. The van der Waals surface area contributed by atoms with Gasteiger partial charge in [0.15, 0.2) is 0 Å². The maximum atomic E-state index is 12.7. The minimum Gasteiger partial charge on any atom is -0.329 e. The van der Waals surface area contributed by atoms with Crippen LogP contribution in [0.5, 0.6) is 0 Å². The van der Waals surface area contributed by atoms with Crippen molar-refractivity contribution in [2.24, 2.45) is 5.73 Å². The summed E-state index contributed by atoms with van der Waals surface area (Å²) in [5.41, 5.74) is 5.72. The van der Waals surface area contributed by atoms with Crippen molar-refractivity contribution in [1.29, 1.82) is 0 Å². The Morgan fingerprint density at radius 3 is 2.56 bits per heavy atom. The minimum absolute atomic E-state index is 0.00435. The van der Waals surface area contributed by atoms with Gasteiger partial charge in [-0.3, -0.25) is 0 Å². The van der Waals surface area contributed by atoms with Crippen molar-refractivity contribution in [3.8, 4) is 0 Å². The average molecular weight is 277 g/mol. The summed E-state index contributed by atoms with van der Waals surface area (Å²) in [6.07, 6.45) is 3.73. The van der Waals surface area contributed by atoms with Gasteiger partial charge < -0.3 is 5.73 Å². The Morgan fingerprint density at radius 2 is 2.06 bits per heavy atom. The van der Waals surface area contributed by atoms with Crippen molar-refractivity contribution in [3.63, 3.8) is 0 Å². The Hall–Kier alpha value is -0.170. The molecule has 1 aliphatic rings. The van der Waals surface area contributed by atoms with E-state index in [0.29, 0.717) is 19.6 Å². The molecule has 0 radical (unpaired) electrons. The minimum atomic E-state index is -3.36. The van der Waals surface area contributed by atoms with Crippen LogP contribution >= 0.6 is 0 Å². The lowest BCUT2D eigenvalue weighted by atomic mass is 10.1. The smallest absolute Gasteiger partial charge is 0.282 e. The first-order valence-corrected chi connectivity index (χ1v) is 8.33. The molecule has 0 aromatic rings. The summed E-state index contributed by atoms with van der Waals surface area (Å²) in [6, 6.07) is -0.0304. The van der Waals surface area contributed by atoms with E-state index >= 15 is 0 Å². The monoisotopic (exact) mass is 277 g/mol. The van der Waals surface area contributed by atoms with E-state index in [0.717, 1.165) is 25.7 Å². The molecular formula is C12H27N3O2S. The molecule has 0 aliphatic carbocycles. The van der Waals surface area contributed by atoms with E-state index in [1.165, 1.54) is 0 Å². The van der Waals surface area contributed by atoms with E-state index in [9.17, 15) is 8.42 Å². The fourth-order valence-electron chi connectivity index (χ4n) is 2.51. The lowest BCUT2D eigenvalue weighted by Gasteiger charge is -2.38. The van der Waals surface area contributed by atoms with Gasteiger partial charge in [-0.05, 0) is 33.1 Å². The van der Waals surface area contributed by atoms with Gasteiger partial charge in [-0.2, -0.15) is 17.0 Å². The average Bonchev–Trinajstić information content (AvgIpc) is 2.35. The van der Waals surface area contributed by atoms with E-state index in [2.05, 4.69) is 0 Å². The highest BCUT2D eigenvalue weighted by Gasteiger charge is 2.36. The SMILES string of the molecule is CCCN(C(C)C)S(=O)(=O)N1CCCCC1CN. The highest BCUT2D eigenvalue weighted by molar-refractivity contribution is 7.86. The molecule has 0 amide bonds. The second kappa shape index (κ2) is 6.84. The van der Waals surface area contributed by atoms with Crippen molar-refractivity contribution >= 4 is 10.2 Å². The molecule has 0 aromatic heterocycles. The molecule has 1 fully saturated rings. The first kappa shape index (κ1) is 15.9. The zero-order valence-corrected chi connectivity index (χ0v) is 12.6. The van der Waals surface area contributed by atoms with Gasteiger partial charge in [0.1, 0.15) is 0 Å². The van der Waals surface area contributed by atoms with E-state index in [1.807, 2.05) is 20.8 Å². The van der Waals surface area contributed by atoms with Crippen molar-refractivity contribution < 1.29 is 8.42 Å². The molecule has 108 valence electrons. The predicted octanol–water partition coefficient (Wildman–Crippen LogP) is 1.16. The van der Waals surface area contributed by atoms with Crippen LogP contribution in [-0.2, 0) is 10.2 Å². The molecule has 6 heteroatoms. The molecule has 0 bridgehead atoms. The third kappa shape index (κ3) is 3.44. The van der Waals surface area contributed by atoms with Gasteiger partial charge in [-0.25, -0.2) is 0 Å². The summed E-state index contributed by atoms with van der Waals surface area (Å²) in [7, 11) is -3.36. The van der Waals surface area contributed by atoms with Crippen LogP contribution in [-0.4, -0.2) is 48.7 Å². The Morgan fingerprint density at radius 1 is 1.39 bits per heavy atom. The normalized spacial score (nSPS) is 22.9. The summed E-state index contributed by atoms with van der Waals surface area (Å²) < 4.78 is 28.6. The van der Waals surface area contributed by atoms with Crippen LogP contribution in [0.4, 0.5) is 0 Å². The quantitative estimate of drug-likeness (QED) is 0.792. The standard InChI is InChI=1S/C12H27N3O2S/c1-4-8-14(11(2)3)18(16,17)15-9-6-5-7-12(15)10-13/h11-12H,4-10,13H2,1-3H3. The molecule has 1 heterocycles. The maximum absolute atomic E-state index is 12.7. The molecule has 2 N–H and O–H groups in total. The summed E-state index contributed by atoms with van der Waals surface area (Å²) in [5.74, 6) is 0. The molecule has 18 heavy (non-hydrogen) atoms. The Balaban J connectivity index is 2.94. The molecule has 1 aliphatic heterocycles. The van der Waals surface area contributed by atoms with Crippen LogP contribution in [0.15, 0.2) is 0 Å². The van der Waals surface area contributed by atoms with E-state index in [1.54, 1.807) is 8.61 Å². The maximum Gasteiger partial charge on any atom is 0.282 e. The third-order valence-electron chi connectivity index (χ3n) is 3.46. The van der Waals surface area contributed by atoms with Crippen LogP contribution in [0.25, 0.3) is 0 Å². The molecule has 0 saturated carbocycles. The zero-order chi connectivity index (χ0) is 13.8. The van der Waals surface area contributed by atoms with Crippen LogP contribution in [0.2, 0.25) is 0 Å². The van der Waals surface area contributed by atoms with Crippen molar-refractivity contribution in [3.05, 3.63) is 0 Å². The molecular weight excluding hydrogens is 250 g/mol. The van der Waals surface area contributed by atoms with Crippen molar-refractivity contribution in [2.75, 3.05) is 19.6 Å². The van der Waals surface area contributed by atoms with Crippen LogP contribution < -0.4 is 5.73 Å². The van der Waals surface area contributed by atoms with Gasteiger partial charge in [-0.15, -0.1) is 0 Å². The molecule has 0 spiro atoms. The number of nitrogens with two attached hydrogens (primary N) is 1. The number of rotatable bonds is 6. The van der Waals surface area contributed by atoms with Gasteiger partial charge in [0.05, 0.1) is 0 Å². The second-order valence-corrected chi connectivity index (χ2v) is 7.04. The van der Waals surface area contributed by atoms with E-state index in [-0.39, 0.29) is 12.1 Å². The Labute approximate surface area is 112 Å². The second-order valence-electron chi connectivity index (χ2n) is 5.21. The summed E-state index contributed by atoms with van der Waals surface area (Å²) in [4.78, 5) is 0. The van der Waals surface area contributed by atoms with Crippen LogP contribution in [0, 0.1) is 0 Å². The Kier molecular flexibility index (Phi) is 6.04. The summed E-state index contributed by atoms with van der Waals surface area (Å²) in [6.45, 7) is 7.45. The fraction of sp³-hybridized carbons (Fsp3) is 1.00. The lowest BCUT2D eigenvalue weighted by molar-refractivity contribution is 0.226. The van der Waals surface area contributed by atoms with Crippen LogP contribution in [0.1, 0.15) is 46.5 Å². The van der Waals surface area contributed by atoms with Gasteiger partial charge in [0.25, 0.3) is 10.2 Å². The van der Waals surface area contributed by atoms with Gasteiger partial charge in [-0.1, -0.05) is 13.3 Å². The predicted molar refractivity (Wildman–Crippen MR) is 74.5 cm³/mol. The molecule has 1 unspecified atom stereocenters. The molecule has 1 atom stereocenters. The Bertz CT molecular complexity index is 343. The van der Waals surface area contributed by atoms with Gasteiger partial charge >= 0.3 is 0 Å². The van der Waals surface area contributed by atoms with Crippen molar-refractivity contribution in [1.82, 2.24) is 8.61 Å². The topological polar surface area (TPSA) is 66.6 Å². The summed E-state index contributed by atoms with van der Waals surface area (Å²) in [5, 5.41) is 0. The number of nitrogens with zero attached hydrogens (tertiary/aromatic N) is 2. The molecule has 0 aromatic carbocycles. The first-order valence-electron chi connectivity index (χ1n) is 6.93. The van der Waals surface area contributed by atoms with E-state index in [4.69, 9.17) is 5.73 Å². The fourth-order valence-corrected chi connectivity index (χ4v) is 4.65. The third-order valence-corrected chi connectivity index (χ3v) is 5.73. The molecule has 1 saturated heterocycles. The van der Waals surface area contributed by atoms with Gasteiger partial charge in [0.2, 0.25) is 0 Å². The number of piperidine rings is 1. The lowest BCUT2D eigenvalue weighted by Crippen LogP contribution is -2.54. The largest absolute Gasteiger partial charge is 0.329 e.